The van der Waals surface area contributed by atoms with Crippen LogP contribution in [0.4, 0.5) is 0 Å². The summed E-state index contributed by atoms with van der Waals surface area (Å²) in [4.78, 5) is 16.3. The van der Waals surface area contributed by atoms with Crippen molar-refractivity contribution in [2.75, 3.05) is 45.9 Å². The van der Waals surface area contributed by atoms with E-state index < -0.39 is 0 Å². The molecule has 0 unspecified atom stereocenters. The topological polar surface area (TPSA) is 32.8 Å². The van der Waals surface area contributed by atoms with Crippen LogP contribution < -0.4 is 0 Å². The largest absolute Gasteiger partial charge is 0.379 e. The third kappa shape index (κ3) is 7.98. The van der Waals surface area contributed by atoms with E-state index in [1.54, 1.807) is 0 Å². The van der Waals surface area contributed by atoms with E-state index in [0.717, 1.165) is 52.2 Å². The van der Waals surface area contributed by atoms with Gasteiger partial charge in [0.05, 0.1) is 6.10 Å². The Labute approximate surface area is 124 Å². The number of unbranched alkanes of at least 4 members (excludes halogenated alkanes) is 1. The molecule has 0 spiro atoms. The molecule has 0 saturated carbocycles. The highest BCUT2D eigenvalue weighted by Gasteiger charge is 2.16. The minimum Gasteiger partial charge on any atom is -0.379 e. The van der Waals surface area contributed by atoms with Gasteiger partial charge in [0.1, 0.15) is 5.78 Å². The van der Waals surface area contributed by atoms with Crippen LogP contribution in [0.1, 0.15) is 46.5 Å². The molecule has 1 rings (SSSR count). The van der Waals surface area contributed by atoms with Gasteiger partial charge < -0.3 is 14.5 Å². The number of hydrogen-bond acceptors (Lipinski definition) is 4. The molecule has 118 valence electrons. The van der Waals surface area contributed by atoms with Crippen molar-refractivity contribution in [2.24, 2.45) is 0 Å². The van der Waals surface area contributed by atoms with Crippen LogP contribution in [0.25, 0.3) is 0 Å². The first kappa shape index (κ1) is 17.6. The third-order valence-electron chi connectivity index (χ3n) is 3.89. The van der Waals surface area contributed by atoms with E-state index in [1.807, 2.05) is 6.92 Å². The first-order chi connectivity index (χ1) is 9.61. The number of rotatable bonds is 10. The highest BCUT2D eigenvalue weighted by atomic mass is 16.5. The molecule has 4 heteroatoms. The molecule has 1 heterocycles. The highest BCUT2D eigenvalue weighted by Crippen LogP contribution is 2.05. The van der Waals surface area contributed by atoms with Crippen LogP contribution in [-0.2, 0) is 9.53 Å². The monoisotopic (exact) mass is 284 g/mol. The maximum atomic E-state index is 11.3. The standard InChI is InChI=1S/C16H32N2O2/c1-4-16(19)7-9-18-12-10-17(11-13-18)8-5-6-14-20-15(2)3/h15H,4-14H2,1-3H3. The van der Waals surface area contributed by atoms with Gasteiger partial charge in [0.25, 0.3) is 0 Å². The molecule has 1 saturated heterocycles. The molecule has 0 N–H and O–H groups in total. The normalized spacial score (nSPS) is 17.8. The summed E-state index contributed by atoms with van der Waals surface area (Å²) in [7, 11) is 0. The van der Waals surface area contributed by atoms with Gasteiger partial charge in [0.2, 0.25) is 0 Å². The minimum absolute atomic E-state index is 0.351. The van der Waals surface area contributed by atoms with Crippen LogP contribution >= 0.6 is 0 Å². The number of Topliss-reactive ketones (excluding diaryl/α,β-unsaturated/α-hetero) is 1. The zero-order valence-corrected chi connectivity index (χ0v) is 13.6. The lowest BCUT2D eigenvalue weighted by Gasteiger charge is -2.34. The van der Waals surface area contributed by atoms with E-state index in [-0.39, 0.29) is 0 Å². The molecular weight excluding hydrogens is 252 g/mol. The number of ether oxygens (including phenoxy) is 1. The van der Waals surface area contributed by atoms with Gasteiger partial charge in [0.15, 0.2) is 0 Å². The molecule has 20 heavy (non-hydrogen) atoms. The highest BCUT2D eigenvalue weighted by molar-refractivity contribution is 5.78. The maximum Gasteiger partial charge on any atom is 0.133 e. The van der Waals surface area contributed by atoms with Gasteiger partial charge in [-0.2, -0.15) is 0 Å². The molecule has 4 nitrogen and oxygen atoms in total. The second-order valence-electron chi connectivity index (χ2n) is 5.95. The Morgan fingerprint density at radius 1 is 1.05 bits per heavy atom. The Kier molecular flexibility index (Phi) is 9.07. The van der Waals surface area contributed by atoms with Crippen molar-refractivity contribution in [1.82, 2.24) is 9.80 Å². The van der Waals surface area contributed by atoms with E-state index in [9.17, 15) is 4.79 Å². The van der Waals surface area contributed by atoms with Crippen LogP contribution in [0.5, 0.6) is 0 Å². The van der Waals surface area contributed by atoms with Gasteiger partial charge in [-0.15, -0.1) is 0 Å². The Balaban J connectivity index is 2.00. The van der Waals surface area contributed by atoms with E-state index in [1.165, 1.54) is 13.0 Å². The van der Waals surface area contributed by atoms with Crippen LogP contribution in [0, 0.1) is 0 Å². The molecule has 1 fully saturated rings. The molecule has 0 bridgehead atoms. The van der Waals surface area contributed by atoms with Crippen molar-refractivity contribution >= 4 is 5.78 Å². The number of carbonyl (C=O) groups is 1. The van der Waals surface area contributed by atoms with Crippen molar-refractivity contribution < 1.29 is 9.53 Å². The summed E-state index contributed by atoms with van der Waals surface area (Å²) >= 11 is 0. The van der Waals surface area contributed by atoms with E-state index in [0.29, 0.717) is 18.3 Å². The van der Waals surface area contributed by atoms with Gasteiger partial charge >= 0.3 is 0 Å². The van der Waals surface area contributed by atoms with Gasteiger partial charge in [-0.3, -0.25) is 4.79 Å². The van der Waals surface area contributed by atoms with Gasteiger partial charge in [-0.25, -0.2) is 0 Å². The molecule has 0 aromatic rings. The molecule has 1 aliphatic rings. The van der Waals surface area contributed by atoms with E-state index in [2.05, 4.69) is 23.6 Å². The number of ketones is 1. The van der Waals surface area contributed by atoms with Crippen LogP contribution in [0.15, 0.2) is 0 Å². The van der Waals surface area contributed by atoms with Crippen LogP contribution in [0.2, 0.25) is 0 Å². The molecule has 0 atom stereocenters. The molecule has 0 radical (unpaired) electrons. The smallest absolute Gasteiger partial charge is 0.133 e. The third-order valence-corrected chi connectivity index (χ3v) is 3.89. The first-order valence-corrected chi connectivity index (χ1v) is 8.19. The predicted molar refractivity (Wildman–Crippen MR) is 83.1 cm³/mol. The Hall–Kier alpha value is -0.450. The Morgan fingerprint density at radius 2 is 1.65 bits per heavy atom. The van der Waals surface area contributed by atoms with Crippen molar-refractivity contribution in [3.05, 3.63) is 0 Å². The van der Waals surface area contributed by atoms with E-state index in [4.69, 9.17) is 4.74 Å². The molecule has 0 amide bonds. The number of piperazine rings is 1. The van der Waals surface area contributed by atoms with Crippen molar-refractivity contribution in [3.8, 4) is 0 Å². The van der Waals surface area contributed by atoms with Crippen LogP contribution in [-0.4, -0.2) is 67.6 Å². The summed E-state index contributed by atoms with van der Waals surface area (Å²) in [5.41, 5.74) is 0. The summed E-state index contributed by atoms with van der Waals surface area (Å²) in [6, 6.07) is 0. The Bertz CT molecular complexity index is 261. The van der Waals surface area contributed by atoms with Gasteiger partial charge in [0, 0.05) is 52.2 Å². The SMILES string of the molecule is CCC(=O)CCN1CCN(CCCCOC(C)C)CC1. The number of nitrogens with zero attached hydrogens (tertiary/aromatic N) is 2. The summed E-state index contributed by atoms with van der Waals surface area (Å²) in [6.07, 6.45) is 4.13. The average molecular weight is 284 g/mol. The Morgan fingerprint density at radius 3 is 2.20 bits per heavy atom. The van der Waals surface area contributed by atoms with Gasteiger partial charge in [-0.1, -0.05) is 6.92 Å². The molecule has 1 aliphatic heterocycles. The van der Waals surface area contributed by atoms with Crippen molar-refractivity contribution in [3.63, 3.8) is 0 Å². The summed E-state index contributed by atoms with van der Waals surface area (Å²) in [5, 5.41) is 0. The fraction of sp³-hybridized carbons (Fsp3) is 0.938. The summed E-state index contributed by atoms with van der Waals surface area (Å²) < 4.78 is 5.55. The fourth-order valence-electron chi connectivity index (χ4n) is 2.45. The predicted octanol–water partition coefficient (Wildman–Crippen LogP) is 2.18. The molecule has 0 aliphatic carbocycles. The minimum atomic E-state index is 0.351. The second-order valence-corrected chi connectivity index (χ2v) is 5.95. The maximum absolute atomic E-state index is 11.3. The first-order valence-electron chi connectivity index (χ1n) is 8.19. The van der Waals surface area contributed by atoms with E-state index >= 15 is 0 Å². The zero-order chi connectivity index (χ0) is 14.8. The second kappa shape index (κ2) is 10.3. The van der Waals surface area contributed by atoms with Crippen LogP contribution in [0.3, 0.4) is 0 Å². The summed E-state index contributed by atoms with van der Waals surface area (Å²) in [5.74, 6) is 0.387. The zero-order valence-electron chi connectivity index (χ0n) is 13.6. The van der Waals surface area contributed by atoms with Gasteiger partial charge in [-0.05, 0) is 33.2 Å². The average Bonchev–Trinajstić information content (AvgIpc) is 2.45. The molecule has 0 aromatic carbocycles. The lowest BCUT2D eigenvalue weighted by molar-refractivity contribution is -0.119. The molecular formula is C16H32N2O2. The lowest BCUT2D eigenvalue weighted by atomic mass is 10.2. The van der Waals surface area contributed by atoms with Crippen molar-refractivity contribution in [1.29, 1.82) is 0 Å². The fourth-order valence-corrected chi connectivity index (χ4v) is 2.45. The van der Waals surface area contributed by atoms with Crippen molar-refractivity contribution in [2.45, 2.75) is 52.6 Å². The lowest BCUT2D eigenvalue weighted by Crippen LogP contribution is -2.47. The number of hydrogen-bond donors (Lipinski definition) is 0. The summed E-state index contributed by atoms with van der Waals surface area (Å²) in [6.45, 7) is 13.6. The molecule has 0 aromatic heterocycles. The quantitative estimate of drug-likeness (QED) is 0.576. The number of carbonyl (C=O) groups excluding carboxylic acids is 1.